The van der Waals surface area contributed by atoms with Gasteiger partial charge in [-0.1, -0.05) is 48.5 Å². The van der Waals surface area contributed by atoms with E-state index >= 15 is 0 Å². The molecule has 0 aliphatic carbocycles. The number of nitrogens with zero attached hydrogens (tertiary/aromatic N) is 1. The molecule has 1 aliphatic heterocycles. The number of carbonyl (C=O) groups excluding carboxylic acids is 1. The van der Waals surface area contributed by atoms with E-state index in [1.165, 1.54) is 0 Å². The highest BCUT2D eigenvalue weighted by Gasteiger charge is 2.33. The molecule has 1 heterocycles. The third-order valence-corrected chi connectivity index (χ3v) is 6.93. The number of para-hydroxylation sites is 1. The quantitative estimate of drug-likeness (QED) is 0.687. The Hall–Kier alpha value is -2.66. The Morgan fingerprint density at radius 2 is 1.59 bits per heavy atom. The summed E-state index contributed by atoms with van der Waals surface area (Å²) in [5.74, 6) is -0.750. The SMILES string of the molecule is O=C1C(CS(=O)(=O)c2ccc3ccccc3c2)CCCN1c1ccccc1. The van der Waals surface area contributed by atoms with Crippen molar-refractivity contribution in [3.05, 3.63) is 72.8 Å². The van der Waals surface area contributed by atoms with Gasteiger partial charge in [-0.05, 0) is 47.9 Å². The van der Waals surface area contributed by atoms with Crippen LogP contribution in [0.2, 0.25) is 0 Å². The van der Waals surface area contributed by atoms with Crippen LogP contribution in [0.4, 0.5) is 5.69 Å². The van der Waals surface area contributed by atoms with E-state index in [0.29, 0.717) is 13.0 Å². The summed E-state index contributed by atoms with van der Waals surface area (Å²) in [6.07, 6.45) is 1.41. The molecular weight excluding hydrogens is 358 g/mol. The average molecular weight is 379 g/mol. The summed E-state index contributed by atoms with van der Waals surface area (Å²) in [5.41, 5.74) is 0.829. The van der Waals surface area contributed by atoms with Crippen molar-refractivity contribution < 1.29 is 13.2 Å². The number of hydrogen-bond donors (Lipinski definition) is 0. The lowest BCUT2D eigenvalue weighted by atomic mass is 9.98. The summed E-state index contributed by atoms with van der Waals surface area (Å²) < 4.78 is 25.9. The Balaban J connectivity index is 1.58. The molecule has 1 amide bonds. The van der Waals surface area contributed by atoms with Gasteiger partial charge in [0.1, 0.15) is 0 Å². The second-order valence-electron chi connectivity index (χ2n) is 6.95. The molecule has 0 aromatic heterocycles. The van der Waals surface area contributed by atoms with Crippen LogP contribution in [-0.2, 0) is 14.6 Å². The standard InChI is InChI=1S/C22H21NO3S/c24-22-19(9-6-14-23(22)20-10-2-1-3-11-20)16-27(25,26)21-13-12-17-7-4-5-8-18(17)15-21/h1-5,7-8,10-13,15,19H,6,9,14,16H2. The summed E-state index contributed by atoms with van der Waals surface area (Å²) in [6.45, 7) is 0.634. The molecular formula is C22H21NO3S. The molecule has 27 heavy (non-hydrogen) atoms. The van der Waals surface area contributed by atoms with Crippen LogP contribution in [-0.4, -0.2) is 26.6 Å². The lowest BCUT2D eigenvalue weighted by Crippen LogP contribution is -2.43. The van der Waals surface area contributed by atoms with E-state index in [9.17, 15) is 13.2 Å². The van der Waals surface area contributed by atoms with Gasteiger partial charge in [0.25, 0.3) is 0 Å². The van der Waals surface area contributed by atoms with Crippen molar-refractivity contribution in [1.82, 2.24) is 0 Å². The van der Waals surface area contributed by atoms with Gasteiger partial charge in [0, 0.05) is 12.2 Å². The van der Waals surface area contributed by atoms with Crippen LogP contribution in [0.15, 0.2) is 77.7 Å². The number of fused-ring (bicyclic) bond motifs is 1. The van der Waals surface area contributed by atoms with Crippen LogP contribution in [0.5, 0.6) is 0 Å². The summed E-state index contributed by atoms with van der Waals surface area (Å²) in [6, 6.07) is 22.3. The smallest absolute Gasteiger partial charge is 0.231 e. The first kappa shape index (κ1) is 17.7. The zero-order valence-corrected chi connectivity index (χ0v) is 15.7. The van der Waals surface area contributed by atoms with Gasteiger partial charge in [0.05, 0.1) is 16.6 Å². The van der Waals surface area contributed by atoms with Crippen LogP contribution in [0, 0.1) is 5.92 Å². The number of sulfone groups is 1. The zero-order chi connectivity index (χ0) is 18.9. The lowest BCUT2D eigenvalue weighted by Gasteiger charge is -2.32. The van der Waals surface area contributed by atoms with E-state index in [1.54, 1.807) is 17.0 Å². The highest BCUT2D eigenvalue weighted by atomic mass is 32.2. The molecule has 0 radical (unpaired) electrons. The van der Waals surface area contributed by atoms with Crippen molar-refractivity contribution in [1.29, 1.82) is 0 Å². The molecule has 1 atom stereocenters. The fourth-order valence-corrected chi connectivity index (χ4v) is 5.30. The fourth-order valence-electron chi connectivity index (χ4n) is 3.69. The van der Waals surface area contributed by atoms with Crippen LogP contribution in [0.25, 0.3) is 10.8 Å². The van der Waals surface area contributed by atoms with Crippen molar-refractivity contribution in [2.75, 3.05) is 17.2 Å². The van der Waals surface area contributed by atoms with E-state index in [1.807, 2.05) is 60.7 Å². The van der Waals surface area contributed by atoms with E-state index < -0.39 is 15.8 Å². The molecule has 3 aromatic rings. The van der Waals surface area contributed by atoms with Gasteiger partial charge in [-0.3, -0.25) is 4.79 Å². The normalized spacial score (nSPS) is 18.0. The molecule has 1 unspecified atom stereocenters. The molecule has 5 heteroatoms. The maximum Gasteiger partial charge on any atom is 0.231 e. The first-order valence-electron chi connectivity index (χ1n) is 9.12. The Labute approximate surface area is 159 Å². The molecule has 0 N–H and O–H groups in total. The summed E-state index contributed by atoms with van der Waals surface area (Å²) in [5, 5.41) is 1.89. The summed E-state index contributed by atoms with van der Waals surface area (Å²) >= 11 is 0. The van der Waals surface area contributed by atoms with Crippen LogP contribution < -0.4 is 4.90 Å². The first-order valence-corrected chi connectivity index (χ1v) is 10.8. The van der Waals surface area contributed by atoms with Crippen molar-refractivity contribution in [3.8, 4) is 0 Å². The number of carbonyl (C=O) groups is 1. The molecule has 4 nitrogen and oxygen atoms in total. The monoisotopic (exact) mass is 379 g/mol. The second-order valence-corrected chi connectivity index (χ2v) is 8.99. The van der Waals surface area contributed by atoms with Crippen LogP contribution in [0.3, 0.4) is 0 Å². The average Bonchev–Trinajstić information content (AvgIpc) is 2.70. The Morgan fingerprint density at radius 1 is 0.889 bits per heavy atom. The number of amides is 1. The molecule has 0 spiro atoms. The van der Waals surface area contributed by atoms with E-state index in [-0.39, 0.29) is 16.6 Å². The Bertz CT molecular complexity index is 1080. The number of anilines is 1. The highest BCUT2D eigenvalue weighted by molar-refractivity contribution is 7.91. The molecule has 0 bridgehead atoms. The highest BCUT2D eigenvalue weighted by Crippen LogP contribution is 2.28. The summed E-state index contributed by atoms with van der Waals surface area (Å²) in [4.78, 5) is 14.9. The maximum atomic E-state index is 13.0. The Morgan fingerprint density at radius 3 is 2.37 bits per heavy atom. The molecule has 3 aromatic carbocycles. The van der Waals surface area contributed by atoms with Crippen molar-refractivity contribution >= 4 is 32.2 Å². The molecule has 1 fully saturated rings. The van der Waals surface area contributed by atoms with Gasteiger partial charge in [-0.25, -0.2) is 8.42 Å². The molecule has 138 valence electrons. The van der Waals surface area contributed by atoms with Gasteiger partial charge >= 0.3 is 0 Å². The number of piperidine rings is 1. The van der Waals surface area contributed by atoms with Crippen LogP contribution >= 0.6 is 0 Å². The topological polar surface area (TPSA) is 54.5 Å². The fraction of sp³-hybridized carbons (Fsp3) is 0.227. The third kappa shape index (κ3) is 3.60. The predicted octanol–water partition coefficient (Wildman–Crippen LogP) is 4.06. The summed E-state index contributed by atoms with van der Waals surface area (Å²) in [7, 11) is -3.54. The zero-order valence-electron chi connectivity index (χ0n) is 14.9. The van der Waals surface area contributed by atoms with Crippen LogP contribution in [0.1, 0.15) is 12.8 Å². The minimum atomic E-state index is -3.54. The van der Waals surface area contributed by atoms with Gasteiger partial charge in [0.15, 0.2) is 9.84 Å². The van der Waals surface area contributed by atoms with Crippen molar-refractivity contribution in [2.24, 2.45) is 5.92 Å². The van der Waals surface area contributed by atoms with Crippen molar-refractivity contribution in [3.63, 3.8) is 0 Å². The number of hydrogen-bond acceptors (Lipinski definition) is 3. The Kier molecular flexibility index (Phi) is 4.70. The van der Waals surface area contributed by atoms with E-state index in [2.05, 4.69) is 0 Å². The third-order valence-electron chi connectivity index (χ3n) is 5.12. The molecule has 1 saturated heterocycles. The van der Waals surface area contributed by atoms with Gasteiger partial charge in [0.2, 0.25) is 5.91 Å². The van der Waals surface area contributed by atoms with Crippen molar-refractivity contribution in [2.45, 2.75) is 17.7 Å². The predicted molar refractivity (Wildman–Crippen MR) is 108 cm³/mol. The number of rotatable bonds is 4. The minimum Gasteiger partial charge on any atom is -0.312 e. The largest absolute Gasteiger partial charge is 0.312 e. The van der Waals surface area contributed by atoms with E-state index in [4.69, 9.17) is 0 Å². The first-order chi connectivity index (χ1) is 13.0. The van der Waals surface area contributed by atoms with Gasteiger partial charge in [-0.2, -0.15) is 0 Å². The van der Waals surface area contributed by atoms with Gasteiger partial charge in [-0.15, -0.1) is 0 Å². The second kappa shape index (κ2) is 7.16. The van der Waals surface area contributed by atoms with Gasteiger partial charge < -0.3 is 4.90 Å². The molecule has 4 rings (SSSR count). The minimum absolute atomic E-state index is 0.100. The number of benzene rings is 3. The molecule has 0 saturated carbocycles. The lowest BCUT2D eigenvalue weighted by molar-refractivity contribution is -0.123. The van der Waals surface area contributed by atoms with E-state index in [0.717, 1.165) is 22.9 Å². The molecule has 1 aliphatic rings. The maximum absolute atomic E-state index is 13.0.